The highest BCUT2D eigenvalue weighted by Crippen LogP contribution is 2.43. The van der Waals surface area contributed by atoms with Crippen LogP contribution >= 0.6 is 11.6 Å². The van der Waals surface area contributed by atoms with E-state index in [1.165, 1.54) is 28.8 Å². The Labute approximate surface area is 350 Å². The van der Waals surface area contributed by atoms with Crippen LogP contribution in [0.25, 0.3) is 16.6 Å². The molecule has 2 saturated heterocycles. The van der Waals surface area contributed by atoms with Crippen LogP contribution in [0, 0.1) is 12.3 Å². The number of pyridine rings is 1. The van der Waals surface area contributed by atoms with Crippen LogP contribution in [0.5, 0.6) is 11.5 Å². The lowest BCUT2D eigenvalue weighted by Gasteiger charge is -2.39. The predicted octanol–water partition coefficient (Wildman–Crippen LogP) is 8.05. The summed E-state index contributed by atoms with van der Waals surface area (Å²) in [6.07, 6.45) is 6.55. The molecule has 0 spiro atoms. The van der Waals surface area contributed by atoms with Crippen LogP contribution in [0.1, 0.15) is 54.6 Å². The zero-order valence-corrected chi connectivity index (χ0v) is 35.3. The molecule has 14 heteroatoms. The molecule has 5 aromatic rings. The monoisotopic (exact) mass is 838 g/mol. The Kier molecular flexibility index (Phi) is 12.0. The van der Waals surface area contributed by atoms with Crippen molar-refractivity contribution in [2.75, 3.05) is 69.3 Å². The van der Waals surface area contributed by atoms with Gasteiger partial charge in [-0.25, -0.2) is 18.1 Å². The average molecular weight is 839 g/mol. The third-order valence-electron chi connectivity index (χ3n) is 11.5. The van der Waals surface area contributed by atoms with Gasteiger partial charge in [-0.1, -0.05) is 43.2 Å². The molecule has 0 radical (unpaired) electrons. The second-order valence-electron chi connectivity index (χ2n) is 16.4. The number of amides is 1. The fourth-order valence-electron chi connectivity index (χ4n) is 8.10. The van der Waals surface area contributed by atoms with Gasteiger partial charge in [-0.05, 0) is 103 Å². The number of sulfonamides is 1. The van der Waals surface area contributed by atoms with Gasteiger partial charge in [0.15, 0.2) is 0 Å². The average Bonchev–Trinajstić information content (AvgIpc) is 3.70. The topological polar surface area (TPSA) is 138 Å². The minimum Gasteiger partial charge on any atom is -0.455 e. The Balaban J connectivity index is 0.986. The van der Waals surface area contributed by atoms with Gasteiger partial charge in [0.2, 0.25) is 0 Å². The first kappa shape index (κ1) is 40.8. The number of aryl methyl sites for hydroxylation is 1. The number of carbonyl (C=O) groups excluding carboxylic acids is 1. The zero-order valence-electron chi connectivity index (χ0n) is 33.7. The number of hydrogen-bond acceptors (Lipinski definition) is 10. The summed E-state index contributed by atoms with van der Waals surface area (Å²) < 4.78 is 47.1. The first-order valence-electron chi connectivity index (χ1n) is 20.2. The van der Waals surface area contributed by atoms with E-state index in [4.69, 9.17) is 25.8 Å². The summed E-state index contributed by atoms with van der Waals surface area (Å²) in [5.41, 5.74) is 7.56. The normalized spacial score (nSPS) is 18.8. The molecule has 310 valence electrons. The molecule has 3 aromatic carbocycles. The van der Waals surface area contributed by atoms with E-state index >= 15 is 0 Å². The minimum absolute atomic E-state index is 0.0294. The van der Waals surface area contributed by atoms with Crippen LogP contribution in [0.2, 0.25) is 5.02 Å². The maximum atomic E-state index is 13.9. The summed E-state index contributed by atoms with van der Waals surface area (Å²) in [5.74, 6) is -0.163. The van der Waals surface area contributed by atoms with E-state index in [1.807, 2.05) is 43.3 Å². The lowest BCUT2D eigenvalue weighted by molar-refractivity contribution is -0.0818. The van der Waals surface area contributed by atoms with Crippen molar-refractivity contribution in [1.82, 2.24) is 19.6 Å². The summed E-state index contributed by atoms with van der Waals surface area (Å²) in [6, 6.07) is 22.0. The fraction of sp³-hybridized carbons (Fsp3) is 0.378. The molecule has 4 heterocycles. The van der Waals surface area contributed by atoms with Crippen molar-refractivity contribution in [1.29, 1.82) is 0 Å². The standard InChI is InChI=1S/C45H51ClN6O6S/c1-30-22-38(9-11-41(30)48-27-37-29-56-20-21-57-37)59(54,55)50-44(53)39-10-8-35(24-42(39)58-36-23-32-13-15-47-43(32)49-26-36)52-18-16-51(17-19-52)28-33-12-14-45(2,3)25-40(33)31-4-6-34(46)7-5-31/h4-11,13,15,22-24,26,37,48H,12,14,16-21,25,27-29H2,1-3H3,(H,47,49)(H,50,53)/t37-/m0/s1. The van der Waals surface area contributed by atoms with Gasteiger partial charge in [0.25, 0.3) is 15.9 Å². The predicted molar refractivity (Wildman–Crippen MR) is 232 cm³/mol. The van der Waals surface area contributed by atoms with Crippen LogP contribution in [-0.2, 0) is 19.5 Å². The maximum absolute atomic E-state index is 13.9. The molecule has 59 heavy (non-hydrogen) atoms. The number of nitrogens with zero attached hydrogens (tertiary/aromatic N) is 3. The van der Waals surface area contributed by atoms with Crippen molar-refractivity contribution in [3.8, 4) is 11.5 Å². The van der Waals surface area contributed by atoms with Crippen LogP contribution in [0.3, 0.4) is 0 Å². The van der Waals surface area contributed by atoms with Crippen molar-refractivity contribution < 1.29 is 27.4 Å². The Morgan fingerprint density at radius 3 is 2.59 bits per heavy atom. The molecule has 0 saturated carbocycles. The van der Waals surface area contributed by atoms with Gasteiger partial charge in [0.05, 0.1) is 42.6 Å². The number of nitrogens with one attached hydrogen (secondary N) is 3. The number of aromatic nitrogens is 2. The number of anilines is 2. The van der Waals surface area contributed by atoms with Gasteiger partial charge in [-0.2, -0.15) is 0 Å². The van der Waals surface area contributed by atoms with Gasteiger partial charge in [0, 0.05) is 73.3 Å². The van der Waals surface area contributed by atoms with Gasteiger partial charge in [-0.15, -0.1) is 0 Å². The molecule has 0 unspecified atom stereocenters. The number of rotatable bonds is 12. The molecule has 2 aromatic heterocycles. The van der Waals surface area contributed by atoms with Crippen LogP contribution in [0.15, 0.2) is 95.7 Å². The highest BCUT2D eigenvalue weighted by molar-refractivity contribution is 7.90. The van der Waals surface area contributed by atoms with Crippen LogP contribution in [0.4, 0.5) is 11.4 Å². The highest BCUT2D eigenvalue weighted by atomic mass is 35.5. The van der Waals surface area contributed by atoms with E-state index in [9.17, 15) is 13.2 Å². The number of H-pyrrole nitrogens is 1. The lowest BCUT2D eigenvalue weighted by Crippen LogP contribution is -2.47. The molecular formula is C45H51ClN6O6S. The van der Waals surface area contributed by atoms with E-state index in [0.29, 0.717) is 43.3 Å². The molecular weight excluding hydrogens is 788 g/mol. The first-order chi connectivity index (χ1) is 28.4. The van der Waals surface area contributed by atoms with E-state index in [-0.39, 0.29) is 27.7 Å². The van der Waals surface area contributed by atoms with Crippen molar-refractivity contribution in [2.45, 2.75) is 51.0 Å². The molecule has 0 bridgehead atoms. The second kappa shape index (κ2) is 17.4. The Morgan fingerprint density at radius 2 is 1.83 bits per heavy atom. The molecule has 1 amide bonds. The number of aromatic amines is 1. The number of halogens is 1. The minimum atomic E-state index is -4.24. The lowest BCUT2D eigenvalue weighted by atomic mass is 9.72. The Morgan fingerprint density at radius 1 is 1.02 bits per heavy atom. The third kappa shape index (κ3) is 9.77. The summed E-state index contributed by atoms with van der Waals surface area (Å²) in [7, 11) is -4.24. The molecule has 8 rings (SSSR count). The number of carbonyl (C=O) groups is 1. The van der Waals surface area contributed by atoms with Gasteiger partial charge < -0.3 is 29.4 Å². The SMILES string of the molecule is Cc1cc(S(=O)(=O)NC(=O)c2ccc(N3CCN(CC4=C(c5ccc(Cl)cc5)CC(C)(C)CC4)CC3)cc2Oc2cnc3[nH]ccc3c2)ccc1NC[C@H]1COCCO1. The molecule has 3 N–H and O–H groups in total. The van der Waals surface area contributed by atoms with E-state index in [1.54, 1.807) is 24.5 Å². The largest absolute Gasteiger partial charge is 0.455 e. The summed E-state index contributed by atoms with van der Waals surface area (Å²) in [6.45, 7) is 12.8. The number of allylic oxidation sites excluding steroid dienone is 1. The second-order valence-corrected chi connectivity index (χ2v) is 18.5. The maximum Gasteiger partial charge on any atom is 0.268 e. The number of piperazine rings is 1. The smallest absolute Gasteiger partial charge is 0.268 e. The highest BCUT2D eigenvalue weighted by Gasteiger charge is 2.30. The van der Waals surface area contributed by atoms with E-state index < -0.39 is 15.9 Å². The van der Waals surface area contributed by atoms with E-state index in [0.717, 1.165) is 73.8 Å². The van der Waals surface area contributed by atoms with Crippen molar-refractivity contribution in [3.05, 3.63) is 112 Å². The number of ether oxygens (including phenoxy) is 3. The Hall–Kier alpha value is -4.92. The quantitative estimate of drug-likeness (QED) is 0.113. The number of fused-ring (bicyclic) bond motifs is 1. The summed E-state index contributed by atoms with van der Waals surface area (Å²) in [4.78, 5) is 26.2. The molecule has 1 aliphatic carbocycles. The van der Waals surface area contributed by atoms with Crippen LogP contribution in [-0.4, -0.2) is 94.4 Å². The molecule has 12 nitrogen and oxygen atoms in total. The van der Waals surface area contributed by atoms with Crippen molar-refractivity contribution >= 4 is 55.5 Å². The Bertz CT molecular complexity index is 2450. The number of benzene rings is 3. The molecule has 2 fully saturated rings. The van der Waals surface area contributed by atoms with Crippen molar-refractivity contribution in [2.24, 2.45) is 5.41 Å². The fourth-order valence-corrected chi connectivity index (χ4v) is 9.27. The molecule has 3 aliphatic rings. The number of hydrogen-bond donors (Lipinski definition) is 3. The van der Waals surface area contributed by atoms with Crippen molar-refractivity contribution in [3.63, 3.8) is 0 Å². The first-order valence-corrected chi connectivity index (χ1v) is 22.1. The van der Waals surface area contributed by atoms with E-state index in [2.05, 4.69) is 55.8 Å². The van der Waals surface area contributed by atoms with Gasteiger partial charge in [0.1, 0.15) is 17.1 Å². The zero-order chi connectivity index (χ0) is 41.1. The van der Waals surface area contributed by atoms with Gasteiger partial charge >= 0.3 is 0 Å². The molecule has 1 atom stereocenters. The third-order valence-corrected chi connectivity index (χ3v) is 13.1. The van der Waals surface area contributed by atoms with Crippen LogP contribution < -0.4 is 19.7 Å². The summed E-state index contributed by atoms with van der Waals surface area (Å²) in [5, 5.41) is 4.89. The summed E-state index contributed by atoms with van der Waals surface area (Å²) >= 11 is 6.25. The molecule has 2 aliphatic heterocycles. The van der Waals surface area contributed by atoms with Gasteiger partial charge in [-0.3, -0.25) is 9.69 Å².